The molecule has 1 fully saturated rings. The van der Waals surface area contributed by atoms with Gasteiger partial charge in [0.05, 0.1) is 4.92 Å². The molecular weight excluding hydrogens is 494 g/mol. The van der Waals surface area contributed by atoms with Crippen molar-refractivity contribution in [1.29, 1.82) is 0 Å². The summed E-state index contributed by atoms with van der Waals surface area (Å²) in [6.07, 6.45) is 1.81. The van der Waals surface area contributed by atoms with Crippen molar-refractivity contribution in [3.05, 3.63) is 80.9 Å². The maximum absolute atomic E-state index is 12.9. The zero-order chi connectivity index (χ0) is 24.9. The fourth-order valence-electron chi connectivity index (χ4n) is 3.55. The number of non-ortho nitro benzene ring substituents is 1. The van der Waals surface area contributed by atoms with Gasteiger partial charge in [0, 0.05) is 22.8 Å². The number of ether oxygens (including phenoxy) is 2. The molecule has 12 heteroatoms. The number of nitro groups is 1. The Morgan fingerprint density at radius 1 is 1.20 bits per heavy atom. The van der Waals surface area contributed by atoms with Crippen molar-refractivity contribution in [3.63, 3.8) is 0 Å². The molecule has 2 aromatic rings. The minimum atomic E-state index is -0.771. The summed E-state index contributed by atoms with van der Waals surface area (Å²) in [5.74, 6) is -0.464. The zero-order valence-electron chi connectivity index (χ0n) is 18.5. The van der Waals surface area contributed by atoms with E-state index in [4.69, 9.17) is 9.47 Å². The highest BCUT2D eigenvalue weighted by Gasteiger charge is 2.54. The van der Waals surface area contributed by atoms with Crippen LogP contribution in [0.5, 0.6) is 5.75 Å². The number of rotatable bonds is 9. The van der Waals surface area contributed by atoms with E-state index in [0.29, 0.717) is 22.0 Å². The summed E-state index contributed by atoms with van der Waals surface area (Å²) in [6.45, 7) is -0.333. The Balaban J connectivity index is 1.37. The third-order valence-corrected chi connectivity index (χ3v) is 7.61. The van der Waals surface area contributed by atoms with Gasteiger partial charge < -0.3 is 14.8 Å². The van der Waals surface area contributed by atoms with Crippen LogP contribution in [0.2, 0.25) is 0 Å². The molecule has 2 heterocycles. The number of carbonyl (C=O) groups excluding carboxylic acids is 3. The summed E-state index contributed by atoms with van der Waals surface area (Å²) < 4.78 is 10.8. The number of hydrogen-bond donors (Lipinski definition) is 1. The van der Waals surface area contributed by atoms with E-state index in [9.17, 15) is 24.5 Å². The predicted molar refractivity (Wildman–Crippen MR) is 130 cm³/mol. The average molecular weight is 516 g/mol. The number of nitro benzene ring substituents is 1. The largest absolute Gasteiger partial charge is 0.484 e. The molecule has 10 nitrogen and oxygen atoms in total. The zero-order valence-corrected chi connectivity index (χ0v) is 20.2. The van der Waals surface area contributed by atoms with E-state index in [1.54, 1.807) is 24.3 Å². The Labute approximate surface area is 209 Å². The molecule has 1 saturated heterocycles. The van der Waals surface area contributed by atoms with Crippen LogP contribution in [0.4, 0.5) is 5.69 Å². The average Bonchev–Trinajstić information content (AvgIpc) is 2.88. The van der Waals surface area contributed by atoms with E-state index >= 15 is 0 Å². The molecule has 182 valence electrons. The summed E-state index contributed by atoms with van der Waals surface area (Å²) in [7, 11) is 0. The van der Waals surface area contributed by atoms with Gasteiger partial charge in [-0.25, -0.2) is 4.79 Å². The first-order chi connectivity index (χ1) is 16.9. The van der Waals surface area contributed by atoms with Gasteiger partial charge in [0.25, 0.3) is 17.5 Å². The number of nitrogens with zero attached hydrogens (tertiary/aromatic N) is 2. The molecule has 0 saturated carbocycles. The first-order valence-electron chi connectivity index (χ1n) is 10.5. The van der Waals surface area contributed by atoms with Gasteiger partial charge in [0.15, 0.2) is 6.61 Å². The van der Waals surface area contributed by atoms with E-state index in [1.807, 2.05) is 12.3 Å². The molecule has 1 N–H and O–H groups in total. The summed E-state index contributed by atoms with van der Waals surface area (Å²) >= 11 is 2.81. The second kappa shape index (κ2) is 10.8. The highest BCUT2D eigenvalue weighted by Crippen LogP contribution is 2.43. The Morgan fingerprint density at radius 3 is 2.57 bits per heavy atom. The molecule has 2 amide bonds. The molecule has 0 bridgehead atoms. The van der Waals surface area contributed by atoms with Crippen LogP contribution in [0.15, 0.2) is 65.2 Å². The van der Waals surface area contributed by atoms with Crippen molar-refractivity contribution in [3.8, 4) is 5.75 Å². The number of thioether (sulfide) groups is 2. The van der Waals surface area contributed by atoms with Crippen molar-refractivity contribution < 1.29 is 28.8 Å². The SMILES string of the molecule is CSC1=C(C(=O)OCc2ccc([N+](=O)[O-])cc2)N2C(=O)[C@@H](NC(=O)COc3ccccc3)[C@H]2SC1. The number of fused-ring (bicyclic) bond motifs is 1. The lowest BCUT2D eigenvalue weighted by atomic mass is 10.1. The highest BCUT2D eigenvalue weighted by atomic mass is 32.2. The van der Waals surface area contributed by atoms with E-state index in [0.717, 1.165) is 0 Å². The number of amides is 2. The van der Waals surface area contributed by atoms with Gasteiger partial charge in [-0.3, -0.25) is 24.6 Å². The topological polar surface area (TPSA) is 128 Å². The summed E-state index contributed by atoms with van der Waals surface area (Å²) in [6, 6.07) is 13.8. The second-order valence-corrected chi connectivity index (χ2v) is 9.54. The number of esters is 1. The van der Waals surface area contributed by atoms with Crippen LogP contribution >= 0.6 is 23.5 Å². The van der Waals surface area contributed by atoms with Gasteiger partial charge in [0.2, 0.25) is 0 Å². The lowest BCUT2D eigenvalue weighted by Gasteiger charge is -2.49. The van der Waals surface area contributed by atoms with Crippen LogP contribution in [-0.2, 0) is 25.7 Å². The number of benzene rings is 2. The van der Waals surface area contributed by atoms with Crippen LogP contribution in [0.1, 0.15) is 5.56 Å². The lowest BCUT2D eigenvalue weighted by Crippen LogP contribution is -2.70. The van der Waals surface area contributed by atoms with Crippen molar-refractivity contribution in [2.45, 2.75) is 18.0 Å². The minimum Gasteiger partial charge on any atom is -0.484 e. The summed E-state index contributed by atoms with van der Waals surface area (Å²) in [5.41, 5.74) is 0.683. The number of nitrogens with one attached hydrogen (secondary N) is 1. The third kappa shape index (κ3) is 5.43. The van der Waals surface area contributed by atoms with Gasteiger partial charge in [0.1, 0.15) is 29.5 Å². The standard InChI is InChI=1S/C23H21N3O7S2/c1-34-17-13-35-22-19(24-18(27)12-32-16-5-3-2-4-6-16)21(28)25(22)20(17)23(29)33-11-14-7-9-15(10-8-14)26(30)31/h2-10,19,22H,11-13H2,1H3,(H,24,27)/t19-,22-/m1/s1. The highest BCUT2D eigenvalue weighted by molar-refractivity contribution is 8.05. The van der Waals surface area contributed by atoms with Crippen LogP contribution in [0, 0.1) is 10.1 Å². The molecule has 4 rings (SSSR count). The van der Waals surface area contributed by atoms with E-state index in [2.05, 4.69) is 5.32 Å². The second-order valence-electron chi connectivity index (χ2n) is 7.53. The molecular formula is C23H21N3O7S2. The normalized spacial score (nSPS) is 18.9. The van der Waals surface area contributed by atoms with Crippen molar-refractivity contribution in [1.82, 2.24) is 10.2 Å². The Kier molecular flexibility index (Phi) is 7.61. The number of hydrogen-bond acceptors (Lipinski definition) is 9. The van der Waals surface area contributed by atoms with Crippen molar-refractivity contribution in [2.75, 3.05) is 18.6 Å². The molecule has 2 atom stereocenters. The summed E-state index contributed by atoms with van der Waals surface area (Å²) in [5, 5.41) is 13.1. The van der Waals surface area contributed by atoms with E-state index in [1.165, 1.54) is 52.7 Å². The quantitative estimate of drug-likeness (QED) is 0.232. The molecule has 0 radical (unpaired) electrons. The number of carbonyl (C=O) groups is 3. The van der Waals surface area contributed by atoms with Gasteiger partial charge in [-0.2, -0.15) is 0 Å². The lowest BCUT2D eigenvalue weighted by molar-refractivity contribution is -0.384. The van der Waals surface area contributed by atoms with Gasteiger partial charge in [-0.15, -0.1) is 23.5 Å². The maximum Gasteiger partial charge on any atom is 0.356 e. The maximum atomic E-state index is 12.9. The molecule has 0 aliphatic carbocycles. The molecule has 35 heavy (non-hydrogen) atoms. The van der Waals surface area contributed by atoms with Crippen LogP contribution in [0.25, 0.3) is 0 Å². The van der Waals surface area contributed by atoms with Gasteiger partial charge in [-0.1, -0.05) is 18.2 Å². The van der Waals surface area contributed by atoms with E-state index < -0.39 is 34.1 Å². The monoisotopic (exact) mass is 515 g/mol. The van der Waals surface area contributed by atoms with E-state index in [-0.39, 0.29) is 24.6 Å². The first kappa shape index (κ1) is 24.6. The third-order valence-electron chi connectivity index (χ3n) is 5.32. The number of β-lactam (4-membered cyclic amide) rings is 1. The minimum absolute atomic E-state index is 0.0620. The van der Waals surface area contributed by atoms with Crippen molar-refractivity contribution in [2.24, 2.45) is 0 Å². The van der Waals surface area contributed by atoms with Gasteiger partial charge >= 0.3 is 5.97 Å². The Bertz CT molecular complexity index is 1170. The first-order valence-corrected chi connectivity index (χ1v) is 12.8. The molecule has 0 unspecified atom stereocenters. The predicted octanol–water partition coefficient (Wildman–Crippen LogP) is 2.69. The molecule has 0 aromatic heterocycles. The van der Waals surface area contributed by atoms with Gasteiger partial charge in [-0.05, 0) is 36.1 Å². The summed E-state index contributed by atoms with van der Waals surface area (Å²) in [4.78, 5) is 50.5. The van der Waals surface area contributed by atoms with Crippen LogP contribution in [0.3, 0.4) is 0 Å². The molecule has 0 spiro atoms. The fraction of sp³-hybridized carbons (Fsp3) is 0.261. The van der Waals surface area contributed by atoms with Crippen LogP contribution < -0.4 is 10.1 Å². The molecule has 2 aliphatic rings. The number of para-hydroxylation sites is 1. The van der Waals surface area contributed by atoms with Crippen LogP contribution in [-0.4, -0.2) is 57.6 Å². The Hall–Kier alpha value is -3.51. The Morgan fingerprint density at radius 2 is 1.91 bits per heavy atom. The molecule has 2 aromatic carbocycles. The molecule has 2 aliphatic heterocycles. The van der Waals surface area contributed by atoms with Crippen molar-refractivity contribution >= 4 is 47.0 Å². The fourth-order valence-corrected chi connectivity index (χ4v) is 5.79. The smallest absolute Gasteiger partial charge is 0.356 e.